The van der Waals surface area contributed by atoms with Gasteiger partial charge in [0, 0.05) is 10.6 Å². The number of benzene rings is 2. The number of hydrogen-bond donors (Lipinski definition) is 1. The summed E-state index contributed by atoms with van der Waals surface area (Å²) in [6.45, 7) is 0. The van der Waals surface area contributed by atoms with E-state index in [9.17, 15) is 13.6 Å². The number of aromatic carboxylic acids is 1. The zero-order valence-corrected chi connectivity index (χ0v) is 11.5. The Labute approximate surface area is 123 Å². The molecule has 2 aromatic rings. The van der Waals surface area contributed by atoms with Crippen LogP contribution in [-0.2, 0) is 5.75 Å². The summed E-state index contributed by atoms with van der Waals surface area (Å²) in [5.41, 5.74) is 0.538. The van der Waals surface area contributed by atoms with Crippen molar-refractivity contribution in [2.24, 2.45) is 0 Å². The van der Waals surface area contributed by atoms with E-state index >= 15 is 0 Å². The van der Waals surface area contributed by atoms with Gasteiger partial charge in [0.25, 0.3) is 0 Å². The molecule has 2 aromatic carbocycles. The molecule has 0 aliphatic rings. The van der Waals surface area contributed by atoms with Crippen molar-refractivity contribution in [3.8, 4) is 6.07 Å². The van der Waals surface area contributed by atoms with E-state index in [2.05, 4.69) is 0 Å². The summed E-state index contributed by atoms with van der Waals surface area (Å²) in [7, 11) is 0. The molecule has 1 N–H and O–H groups in total. The number of hydrogen-bond acceptors (Lipinski definition) is 3. The van der Waals surface area contributed by atoms with Crippen LogP contribution < -0.4 is 0 Å². The predicted octanol–water partition coefficient (Wildman–Crippen LogP) is 3.83. The first-order valence-corrected chi connectivity index (χ1v) is 6.84. The summed E-state index contributed by atoms with van der Waals surface area (Å²) in [6.07, 6.45) is 0. The van der Waals surface area contributed by atoms with E-state index in [0.717, 1.165) is 17.8 Å². The molecule has 3 nitrogen and oxygen atoms in total. The summed E-state index contributed by atoms with van der Waals surface area (Å²) in [4.78, 5) is 11.0. The predicted molar refractivity (Wildman–Crippen MR) is 74.0 cm³/mol. The van der Waals surface area contributed by atoms with Crippen molar-refractivity contribution in [2.45, 2.75) is 10.6 Å². The van der Waals surface area contributed by atoms with E-state index < -0.39 is 17.6 Å². The van der Waals surface area contributed by atoms with E-state index in [4.69, 9.17) is 10.4 Å². The average Bonchev–Trinajstić information content (AvgIpc) is 2.47. The normalized spacial score (nSPS) is 10.1. The van der Waals surface area contributed by atoms with Crippen LogP contribution in [0, 0.1) is 23.0 Å². The Hall–Kier alpha value is -2.39. The highest BCUT2D eigenvalue weighted by atomic mass is 32.2. The monoisotopic (exact) mass is 305 g/mol. The Morgan fingerprint density at radius 2 is 1.90 bits per heavy atom. The van der Waals surface area contributed by atoms with Gasteiger partial charge in [-0.25, -0.2) is 13.6 Å². The third-order valence-electron chi connectivity index (χ3n) is 2.74. The molecule has 0 heterocycles. The van der Waals surface area contributed by atoms with Crippen molar-refractivity contribution < 1.29 is 18.7 Å². The largest absolute Gasteiger partial charge is 0.478 e. The van der Waals surface area contributed by atoms with Crippen molar-refractivity contribution in [1.29, 1.82) is 5.26 Å². The standard InChI is InChI=1S/C15H9F2NO2S/c16-12-3-1-9(7-18)5-11(12)8-21-14-6-10(15(19)20)2-4-13(14)17/h1-6H,8H2,(H,19,20). The Kier molecular flexibility index (Phi) is 4.55. The van der Waals surface area contributed by atoms with Crippen LogP contribution in [0.4, 0.5) is 8.78 Å². The van der Waals surface area contributed by atoms with Crippen LogP contribution >= 0.6 is 11.8 Å². The zero-order chi connectivity index (χ0) is 15.4. The summed E-state index contributed by atoms with van der Waals surface area (Å²) < 4.78 is 27.2. The van der Waals surface area contributed by atoms with Crippen LogP contribution in [0.3, 0.4) is 0 Å². The number of carboxylic acids is 1. The molecule has 0 aliphatic carbocycles. The van der Waals surface area contributed by atoms with Crippen LogP contribution in [0.5, 0.6) is 0 Å². The van der Waals surface area contributed by atoms with Gasteiger partial charge in [-0.15, -0.1) is 11.8 Å². The van der Waals surface area contributed by atoms with Crippen LogP contribution in [0.25, 0.3) is 0 Å². The lowest BCUT2D eigenvalue weighted by molar-refractivity contribution is 0.0696. The van der Waals surface area contributed by atoms with Gasteiger partial charge in [0.05, 0.1) is 17.2 Å². The molecular formula is C15H9F2NO2S. The van der Waals surface area contributed by atoms with Crippen molar-refractivity contribution in [1.82, 2.24) is 0 Å². The molecule has 0 fully saturated rings. The summed E-state index contributed by atoms with van der Waals surface area (Å²) in [5.74, 6) is -2.12. The highest BCUT2D eigenvalue weighted by Crippen LogP contribution is 2.28. The molecule has 106 valence electrons. The number of thioether (sulfide) groups is 1. The van der Waals surface area contributed by atoms with Gasteiger partial charge < -0.3 is 5.11 Å². The third kappa shape index (κ3) is 3.58. The maximum Gasteiger partial charge on any atom is 0.335 e. The van der Waals surface area contributed by atoms with E-state index in [0.29, 0.717) is 5.56 Å². The minimum Gasteiger partial charge on any atom is -0.478 e. The highest BCUT2D eigenvalue weighted by molar-refractivity contribution is 7.98. The molecule has 0 saturated carbocycles. The molecule has 2 rings (SSSR count). The minimum absolute atomic E-state index is 0.0369. The molecule has 6 heteroatoms. The lowest BCUT2D eigenvalue weighted by Crippen LogP contribution is -1.97. The summed E-state index contributed by atoms with van der Waals surface area (Å²) >= 11 is 0.977. The van der Waals surface area contributed by atoms with Crippen molar-refractivity contribution >= 4 is 17.7 Å². The van der Waals surface area contributed by atoms with Crippen LogP contribution in [0.1, 0.15) is 21.5 Å². The van der Waals surface area contributed by atoms with Gasteiger partial charge in [-0.05, 0) is 42.0 Å². The fourth-order valence-electron chi connectivity index (χ4n) is 1.66. The summed E-state index contributed by atoms with van der Waals surface area (Å²) in [6, 6.07) is 9.26. The second-order valence-electron chi connectivity index (χ2n) is 4.16. The molecule has 0 saturated heterocycles. The maximum atomic E-state index is 13.6. The Balaban J connectivity index is 2.22. The molecule has 0 spiro atoms. The first-order valence-electron chi connectivity index (χ1n) is 5.85. The second kappa shape index (κ2) is 6.37. The number of rotatable bonds is 4. The molecule has 0 aliphatic heterocycles. The van der Waals surface area contributed by atoms with Crippen molar-refractivity contribution in [3.05, 3.63) is 64.7 Å². The molecule has 0 atom stereocenters. The number of carbonyl (C=O) groups is 1. The van der Waals surface area contributed by atoms with Gasteiger partial charge in [0.2, 0.25) is 0 Å². The topological polar surface area (TPSA) is 61.1 Å². The first-order chi connectivity index (χ1) is 10.0. The molecule has 21 heavy (non-hydrogen) atoms. The van der Waals surface area contributed by atoms with Gasteiger partial charge >= 0.3 is 5.97 Å². The Bertz CT molecular complexity index is 741. The Morgan fingerprint density at radius 1 is 1.19 bits per heavy atom. The maximum absolute atomic E-state index is 13.6. The van der Waals surface area contributed by atoms with Crippen molar-refractivity contribution in [3.63, 3.8) is 0 Å². The lowest BCUT2D eigenvalue weighted by Gasteiger charge is -2.06. The molecular weight excluding hydrogens is 296 g/mol. The highest BCUT2D eigenvalue weighted by Gasteiger charge is 2.11. The van der Waals surface area contributed by atoms with Gasteiger partial charge in [-0.1, -0.05) is 0 Å². The van der Waals surface area contributed by atoms with E-state index in [1.165, 1.54) is 30.3 Å². The molecule has 0 amide bonds. The molecule has 0 aromatic heterocycles. The molecule has 0 bridgehead atoms. The first kappa shape index (κ1) is 15.0. The smallest absolute Gasteiger partial charge is 0.335 e. The van der Waals surface area contributed by atoms with Gasteiger partial charge in [-0.2, -0.15) is 5.26 Å². The fraction of sp³-hybridized carbons (Fsp3) is 0.0667. The summed E-state index contributed by atoms with van der Waals surface area (Å²) in [5, 5.41) is 17.6. The lowest BCUT2D eigenvalue weighted by atomic mass is 10.1. The van der Waals surface area contributed by atoms with Crippen LogP contribution in [0.15, 0.2) is 41.3 Å². The number of carboxylic acid groups (broad SMARTS) is 1. The van der Waals surface area contributed by atoms with E-state index in [-0.39, 0.29) is 21.8 Å². The van der Waals surface area contributed by atoms with Gasteiger partial charge in [0.1, 0.15) is 11.6 Å². The third-order valence-corrected chi connectivity index (χ3v) is 3.82. The van der Waals surface area contributed by atoms with Crippen LogP contribution in [-0.4, -0.2) is 11.1 Å². The van der Waals surface area contributed by atoms with Crippen LogP contribution in [0.2, 0.25) is 0 Å². The Morgan fingerprint density at radius 3 is 2.57 bits per heavy atom. The molecule has 0 radical (unpaired) electrons. The average molecular weight is 305 g/mol. The minimum atomic E-state index is -1.16. The fourth-order valence-corrected chi connectivity index (χ4v) is 2.61. The second-order valence-corrected chi connectivity index (χ2v) is 5.17. The van der Waals surface area contributed by atoms with Crippen molar-refractivity contribution in [2.75, 3.05) is 0 Å². The van der Waals surface area contributed by atoms with Gasteiger partial charge in [-0.3, -0.25) is 0 Å². The zero-order valence-electron chi connectivity index (χ0n) is 10.6. The number of halogens is 2. The van der Waals surface area contributed by atoms with Gasteiger partial charge in [0.15, 0.2) is 0 Å². The van der Waals surface area contributed by atoms with E-state index in [1.807, 2.05) is 6.07 Å². The number of nitrogens with zero attached hydrogens (tertiary/aromatic N) is 1. The van der Waals surface area contributed by atoms with E-state index in [1.54, 1.807) is 0 Å². The molecule has 0 unspecified atom stereocenters. The number of nitriles is 1. The quantitative estimate of drug-likeness (QED) is 0.872. The SMILES string of the molecule is N#Cc1ccc(F)c(CSc2cc(C(=O)O)ccc2F)c1.